The molecule has 0 bridgehead atoms. The topological polar surface area (TPSA) is 44.4 Å². The Balaban J connectivity index is 1.86. The van der Waals surface area contributed by atoms with Crippen molar-refractivity contribution in [3.8, 4) is 0 Å². The van der Waals surface area contributed by atoms with E-state index in [1.807, 2.05) is 18.7 Å². The number of hydrogen-bond donors (Lipinski definition) is 2. The lowest BCUT2D eigenvalue weighted by atomic mass is 10.0. The van der Waals surface area contributed by atoms with Gasteiger partial charge in [-0.25, -0.2) is 4.79 Å². The summed E-state index contributed by atoms with van der Waals surface area (Å²) in [6, 6.07) is 0.343. The van der Waals surface area contributed by atoms with Crippen LogP contribution in [0.15, 0.2) is 0 Å². The quantitative estimate of drug-likeness (QED) is 0.633. The van der Waals surface area contributed by atoms with E-state index in [-0.39, 0.29) is 12.1 Å². The van der Waals surface area contributed by atoms with Crippen molar-refractivity contribution in [3.05, 3.63) is 0 Å². The second-order valence-electron chi connectivity index (χ2n) is 4.69. The van der Waals surface area contributed by atoms with Crippen molar-refractivity contribution in [3.63, 3.8) is 0 Å². The summed E-state index contributed by atoms with van der Waals surface area (Å²) in [5.41, 5.74) is 0. The van der Waals surface area contributed by atoms with Gasteiger partial charge in [-0.05, 0) is 25.7 Å². The van der Waals surface area contributed by atoms with Gasteiger partial charge in [-0.3, -0.25) is 0 Å². The minimum Gasteiger partial charge on any atom is -0.336 e. The van der Waals surface area contributed by atoms with Crippen LogP contribution in [0.5, 0.6) is 0 Å². The van der Waals surface area contributed by atoms with Gasteiger partial charge in [-0.2, -0.15) is 0 Å². The number of likely N-dealkylation sites (tertiary alicyclic amines) is 1. The Hall–Kier alpha value is -0.770. The number of hydrogen-bond acceptors (Lipinski definition) is 2. The molecule has 4 nitrogen and oxygen atoms in total. The van der Waals surface area contributed by atoms with Gasteiger partial charge in [0.15, 0.2) is 0 Å². The molecule has 0 aromatic rings. The molecule has 0 aliphatic carbocycles. The molecule has 0 saturated carbocycles. The van der Waals surface area contributed by atoms with Gasteiger partial charge < -0.3 is 15.5 Å². The van der Waals surface area contributed by atoms with E-state index in [4.69, 9.17) is 0 Å². The molecule has 2 rings (SSSR count). The fraction of sp³-hybridized carbons (Fsp3) is 0.900. The normalized spacial score (nSPS) is 30.9. The zero-order valence-electron chi connectivity index (χ0n) is 8.92. The minimum absolute atomic E-state index is 0.106. The van der Waals surface area contributed by atoms with Gasteiger partial charge in [-0.1, -0.05) is 0 Å². The van der Waals surface area contributed by atoms with Crippen LogP contribution in [0.1, 0.15) is 13.8 Å². The third kappa shape index (κ3) is 1.85. The SMILES string of the molecule is CC(C)NC(=O)N1C[C@H]2CNC[C@H]2C1. The standard InChI is InChI=1S/C10H19N3O/c1-7(2)12-10(14)13-5-8-3-11-4-9(8)6-13/h7-9,11H,3-6H2,1-2H3,(H,12,14)/t8-,9+. The zero-order valence-corrected chi connectivity index (χ0v) is 8.92. The van der Waals surface area contributed by atoms with E-state index < -0.39 is 0 Å². The maximum absolute atomic E-state index is 11.7. The Kier molecular flexibility index (Phi) is 2.63. The average Bonchev–Trinajstić information content (AvgIpc) is 2.58. The molecule has 0 spiro atoms. The number of carbonyl (C=O) groups excluding carboxylic acids is 1. The van der Waals surface area contributed by atoms with Crippen molar-refractivity contribution in [2.45, 2.75) is 19.9 Å². The van der Waals surface area contributed by atoms with Gasteiger partial charge in [0, 0.05) is 32.2 Å². The molecular weight excluding hydrogens is 178 g/mol. The molecule has 0 aromatic heterocycles. The number of fused-ring (bicyclic) bond motifs is 1. The lowest BCUT2D eigenvalue weighted by Gasteiger charge is -2.19. The summed E-state index contributed by atoms with van der Waals surface area (Å²) in [6.07, 6.45) is 0. The molecule has 2 atom stereocenters. The van der Waals surface area contributed by atoms with Crippen molar-refractivity contribution in [1.82, 2.24) is 15.5 Å². The summed E-state index contributed by atoms with van der Waals surface area (Å²) in [6.45, 7) is 8.01. The fourth-order valence-corrected chi connectivity index (χ4v) is 2.36. The molecule has 0 aromatic carbocycles. The maximum Gasteiger partial charge on any atom is 0.317 e. The van der Waals surface area contributed by atoms with E-state index in [0.717, 1.165) is 26.2 Å². The van der Waals surface area contributed by atoms with Crippen LogP contribution in [-0.2, 0) is 0 Å². The van der Waals surface area contributed by atoms with Crippen LogP contribution >= 0.6 is 0 Å². The Labute approximate surface area is 85.0 Å². The highest BCUT2D eigenvalue weighted by Crippen LogP contribution is 2.25. The van der Waals surface area contributed by atoms with Gasteiger partial charge in [0.2, 0.25) is 0 Å². The van der Waals surface area contributed by atoms with Gasteiger partial charge in [0.1, 0.15) is 0 Å². The summed E-state index contributed by atoms with van der Waals surface area (Å²) in [5.74, 6) is 1.38. The van der Waals surface area contributed by atoms with E-state index >= 15 is 0 Å². The van der Waals surface area contributed by atoms with Gasteiger partial charge in [0.25, 0.3) is 0 Å². The Morgan fingerprint density at radius 2 is 1.93 bits per heavy atom. The molecule has 4 heteroatoms. The molecule has 2 saturated heterocycles. The number of nitrogens with one attached hydrogen (secondary N) is 2. The third-order valence-corrected chi connectivity index (χ3v) is 3.09. The molecular formula is C10H19N3O. The molecule has 0 radical (unpaired) electrons. The van der Waals surface area contributed by atoms with Crippen molar-refractivity contribution in [2.24, 2.45) is 11.8 Å². The first kappa shape index (κ1) is 9.77. The first-order chi connectivity index (χ1) is 6.66. The molecule has 0 unspecified atom stereocenters. The van der Waals surface area contributed by atoms with Gasteiger partial charge >= 0.3 is 6.03 Å². The van der Waals surface area contributed by atoms with Crippen LogP contribution in [0.3, 0.4) is 0 Å². The Bertz CT molecular complexity index is 217. The fourth-order valence-electron chi connectivity index (χ4n) is 2.36. The molecule has 2 aliphatic heterocycles. The summed E-state index contributed by atoms with van der Waals surface area (Å²) in [7, 11) is 0. The minimum atomic E-state index is 0.106. The first-order valence-electron chi connectivity index (χ1n) is 5.43. The Morgan fingerprint density at radius 1 is 1.36 bits per heavy atom. The van der Waals surface area contributed by atoms with E-state index in [9.17, 15) is 4.79 Å². The Morgan fingerprint density at radius 3 is 2.43 bits per heavy atom. The number of rotatable bonds is 1. The number of nitrogens with zero attached hydrogens (tertiary/aromatic N) is 1. The number of amides is 2. The average molecular weight is 197 g/mol. The second kappa shape index (κ2) is 3.77. The van der Waals surface area contributed by atoms with E-state index in [1.165, 1.54) is 0 Å². The monoisotopic (exact) mass is 197 g/mol. The lowest BCUT2D eigenvalue weighted by molar-refractivity contribution is 0.203. The molecule has 80 valence electrons. The largest absolute Gasteiger partial charge is 0.336 e. The van der Waals surface area contributed by atoms with Gasteiger partial charge in [-0.15, -0.1) is 0 Å². The van der Waals surface area contributed by atoms with E-state index in [0.29, 0.717) is 11.8 Å². The summed E-state index contributed by atoms with van der Waals surface area (Å²) < 4.78 is 0. The summed E-state index contributed by atoms with van der Waals surface area (Å²) >= 11 is 0. The molecule has 2 amide bonds. The first-order valence-corrected chi connectivity index (χ1v) is 5.43. The molecule has 2 aliphatic rings. The zero-order chi connectivity index (χ0) is 10.1. The van der Waals surface area contributed by atoms with E-state index in [2.05, 4.69) is 10.6 Å². The van der Waals surface area contributed by atoms with Crippen molar-refractivity contribution < 1.29 is 4.79 Å². The lowest BCUT2D eigenvalue weighted by Crippen LogP contribution is -2.42. The van der Waals surface area contributed by atoms with Crippen LogP contribution in [0, 0.1) is 11.8 Å². The van der Waals surface area contributed by atoms with Crippen LogP contribution in [0.4, 0.5) is 4.79 Å². The highest BCUT2D eigenvalue weighted by Gasteiger charge is 2.37. The summed E-state index contributed by atoms with van der Waals surface area (Å²) in [5, 5.41) is 6.31. The highest BCUT2D eigenvalue weighted by molar-refractivity contribution is 5.74. The van der Waals surface area contributed by atoms with Crippen molar-refractivity contribution >= 4 is 6.03 Å². The number of carbonyl (C=O) groups is 1. The van der Waals surface area contributed by atoms with Gasteiger partial charge in [0.05, 0.1) is 0 Å². The predicted octanol–water partition coefficient (Wildman–Crippen LogP) is 0.256. The smallest absolute Gasteiger partial charge is 0.317 e. The maximum atomic E-state index is 11.7. The summed E-state index contributed by atoms with van der Waals surface area (Å²) in [4.78, 5) is 13.6. The predicted molar refractivity (Wildman–Crippen MR) is 55.1 cm³/mol. The van der Waals surface area contributed by atoms with Crippen LogP contribution in [0.2, 0.25) is 0 Å². The van der Waals surface area contributed by atoms with Crippen LogP contribution < -0.4 is 10.6 Å². The molecule has 2 N–H and O–H groups in total. The molecule has 2 heterocycles. The van der Waals surface area contributed by atoms with Crippen LogP contribution in [-0.4, -0.2) is 43.2 Å². The van der Waals surface area contributed by atoms with E-state index in [1.54, 1.807) is 0 Å². The highest BCUT2D eigenvalue weighted by atomic mass is 16.2. The number of urea groups is 1. The third-order valence-electron chi connectivity index (χ3n) is 3.09. The molecule has 14 heavy (non-hydrogen) atoms. The second-order valence-corrected chi connectivity index (χ2v) is 4.69. The van der Waals surface area contributed by atoms with Crippen LogP contribution in [0.25, 0.3) is 0 Å². The molecule has 2 fully saturated rings. The van der Waals surface area contributed by atoms with Crippen molar-refractivity contribution in [1.29, 1.82) is 0 Å². The van der Waals surface area contributed by atoms with Crippen molar-refractivity contribution in [2.75, 3.05) is 26.2 Å².